The minimum atomic E-state index is 0.230. The second kappa shape index (κ2) is 10.5. The van der Waals surface area contributed by atoms with E-state index in [0.29, 0.717) is 18.5 Å². The highest BCUT2D eigenvalue weighted by molar-refractivity contribution is 5.78. The first-order chi connectivity index (χ1) is 12.8. The maximum absolute atomic E-state index is 6.03. The molecule has 1 aliphatic rings. The molecule has 1 aromatic rings. The van der Waals surface area contributed by atoms with Crippen LogP contribution in [0.25, 0.3) is 0 Å². The summed E-state index contributed by atoms with van der Waals surface area (Å²) in [5.74, 6) is 2.25. The number of rotatable bonds is 8. The largest absolute Gasteiger partial charge is 0.372 e. The summed E-state index contributed by atoms with van der Waals surface area (Å²) in [6, 6.07) is 4.49. The van der Waals surface area contributed by atoms with Gasteiger partial charge in [0.1, 0.15) is 5.82 Å². The topological polar surface area (TPSA) is 75.8 Å². The molecule has 1 aliphatic heterocycles. The van der Waals surface area contributed by atoms with Crippen LogP contribution >= 0.6 is 0 Å². The van der Waals surface area contributed by atoms with Crippen LogP contribution in [0.5, 0.6) is 0 Å². The zero-order valence-corrected chi connectivity index (χ0v) is 17.6. The van der Waals surface area contributed by atoms with E-state index in [1.807, 2.05) is 6.20 Å². The number of aromatic nitrogens is 1. The first-order valence-corrected chi connectivity index (χ1v) is 10.2. The molecule has 1 aromatic heterocycles. The lowest BCUT2D eigenvalue weighted by atomic mass is 10.0. The molecule has 0 saturated carbocycles. The third-order valence-corrected chi connectivity index (χ3v) is 4.80. The van der Waals surface area contributed by atoms with Gasteiger partial charge in [-0.05, 0) is 44.7 Å². The molecule has 0 radical (unpaired) electrons. The normalized spacial score (nSPS) is 22.1. The number of nitrogens with one attached hydrogen (secondary N) is 1. The van der Waals surface area contributed by atoms with Crippen LogP contribution in [-0.4, -0.2) is 42.3 Å². The van der Waals surface area contributed by atoms with Gasteiger partial charge >= 0.3 is 0 Å². The number of ether oxygens (including phenoxy) is 1. The van der Waals surface area contributed by atoms with E-state index in [0.717, 1.165) is 36.8 Å². The molecule has 2 rings (SSSR count). The summed E-state index contributed by atoms with van der Waals surface area (Å²) >= 11 is 0. The summed E-state index contributed by atoms with van der Waals surface area (Å²) in [7, 11) is 0. The van der Waals surface area contributed by atoms with Crippen LogP contribution < -0.4 is 16.0 Å². The van der Waals surface area contributed by atoms with Gasteiger partial charge in [0.25, 0.3) is 0 Å². The van der Waals surface area contributed by atoms with Gasteiger partial charge in [-0.25, -0.2) is 9.98 Å². The maximum Gasteiger partial charge on any atom is 0.189 e. The number of hydrogen-bond donors (Lipinski definition) is 2. The molecule has 6 nitrogen and oxygen atoms in total. The van der Waals surface area contributed by atoms with Crippen LogP contribution in [0.2, 0.25) is 0 Å². The highest BCUT2D eigenvalue weighted by Crippen LogP contribution is 2.18. The average Bonchev–Trinajstić information content (AvgIpc) is 2.59. The number of guanidine groups is 1. The third kappa shape index (κ3) is 7.75. The van der Waals surface area contributed by atoms with Crippen molar-refractivity contribution >= 4 is 11.8 Å². The molecule has 2 heterocycles. The molecule has 0 aliphatic carbocycles. The number of nitrogens with zero attached hydrogens (tertiary/aromatic N) is 3. The van der Waals surface area contributed by atoms with Crippen LogP contribution in [-0.2, 0) is 11.3 Å². The Kier molecular flexibility index (Phi) is 8.35. The molecule has 1 fully saturated rings. The lowest BCUT2D eigenvalue weighted by Crippen LogP contribution is -2.45. The zero-order valence-electron chi connectivity index (χ0n) is 17.6. The quantitative estimate of drug-likeness (QED) is 0.538. The molecule has 3 N–H and O–H groups in total. The number of pyridine rings is 1. The first kappa shape index (κ1) is 21.5. The van der Waals surface area contributed by atoms with E-state index in [1.54, 1.807) is 0 Å². The van der Waals surface area contributed by atoms with E-state index < -0.39 is 0 Å². The monoisotopic (exact) mass is 375 g/mol. The summed E-state index contributed by atoms with van der Waals surface area (Å²) < 4.78 is 5.79. The van der Waals surface area contributed by atoms with Gasteiger partial charge in [-0.3, -0.25) is 0 Å². The summed E-state index contributed by atoms with van der Waals surface area (Å²) in [6.07, 6.45) is 5.93. The minimum Gasteiger partial charge on any atom is -0.372 e. The Hall–Kier alpha value is -1.82. The Morgan fingerprint density at radius 2 is 1.96 bits per heavy atom. The fourth-order valence-corrected chi connectivity index (χ4v) is 3.44. The van der Waals surface area contributed by atoms with Gasteiger partial charge < -0.3 is 20.7 Å². The van der Waals surface area contributed by atoms with E-state index in [4.69, 9.17) is 10.5 Å². The third-order valence-electron chi connectivity index (χ3n) is 4.80. The van der Waals surface area contributed by atoms with Gasteiger partial charge in [-0.15, -0.1) is 0 Å². The van der Waals surface area contributed by atoms with Gasteiger partial charge in [-0.2, -0.15) is 0 Å². The minimum absolute atomic E-state index is 0.230. The second-order valence-corrected chi connectivity index (χ2v) is 8.26. The van der Waals surface area contributed by atoms with Crippen molar-refractivity contribution in [3.8, 4) is 0 Å². The van der Waals surface area contributed by atoms with Crippen molar-refractivity contribution in [2.45, 2.75) is 78.7 Å². The molecule has 3 unspecified atom stereocenters. The van der Waals surface area contributed by atoms with Crippen LogP contribution in [0.15, 0.2) is 23.3 Å². The van der Waals surface area contributed by atoms with Crippen molar-refractivity contribution in [2.24, 2.45) is 16.6 Å². The van der Waals surface area contributed by atoms with Gasteiger partial charge in [0.15, 0.2) is 5.96 Å². The molecule has 6 heteroatoms. The fourth-order valence-electron chi connectivity index (χ4n) is 3.44. The number of aliphatic imine (C=N–C) groups is 1. The molecule has 3 atom stereocenters. The molecular formula is C21H37N5O. The lowest BCUT2D eigenvalue weighted by molar-refractivity contribution is -0.00545. The van der Waals surface area contributed by atoms with Crippen LogP contribution in [0.1, 0.15) is 59.4 Å². The van der Waals surface area contributed by atoms with Crippen LogP contribution in [0, 0.1) is 5.92 Å². The van der Waals surface area contributed by atoms with Crippen molar-refractivity contribution in [2.75, 3.05) is 18.0 Å². The number of morpholine rings is 1. The van der Waals surface area contributed by atoms with Crippen molar-refractivity contribution in [3.63, 3.8) is 0 Å². The van der Waals surface area contributed by atoms with E-state index in [2.05, 4.69) is 66.9 Å². The highest BCUT2D eigenvalue weighted by Gasteiger charge is 2.22. The van der Waals surface area contributed by atoms with E-state index in [1.165, 1.54) is 12.8 Å². The molecule has 152 valence electrons. The molecule has 0 bridgehead atoms. The number of anilines is 1. The Morgan fingerprint density at radius 1 is 1.26 bits per heavy atom. The first-order valence-electron chi connectivity index (χ1n) is 10.2. The zero-order chi connectivity index (χ0) is 19.8. The Balaban J connectivity index is 1.80. The van der Waals surface area contributed by atoms with E-state index >= 15 is 0 Å². The summed E-state index contributed by atoms with van der Waals surface area (Å²) in [5.41, 5.74) is 7.09. The smallest absolute Gasteiger partial charge is 0.189 e. The average molecular weight is 376 g/mol. The molecule has 1 saturated heterocycles. The molecule has 27 heavy (non-hydrogen) atoms. The van der Waals surface area contributed by atoms with E-state index in [9.17, 15) is 0 Å². The van der Waals surface area contributed by atoms with E-state index in [-0.39, 0.29) is 12.2 Å². The van der Waals surface area contributed by atoms with Crippen molar-refractivity contribution in [1.29, 1.82) is 0 Å². The summed E-state index contributed by atoms with van der Waals surface area (Å²) in [4.78, 5) is 11.3. The second-order valence-electron chi connectivity index (χ2n) is 8.26. The maximum atomic E-state index is 6.03. The van der Waals surface area contributed by atoms with Crippen LogP contribution in [0.3, 0.4) is 0 Å². The predicted molar refractivity (Wildman–Crippen MR) is 113 cm³/mol. The van der Waals surface area contributed by atoms with Crippen molar-refractivity contribution in [1.82, 2.24) is 10.3 Å². The Bertz CT molecular complexity index is 577. The molecule has 0 spiro atoms. The van der Waals surface area contributed by atoms with Gasteiger partial charge in [-0.1, -0.05) is 32.8 Å². The number of hydrogen-bond acceptors (Lipinski definition) is 4. The lowest BCUT2D eigenvalue weighted by Gasteiger charge is -2.36. The number of nitrogens with two attached hydrogens (primary N) is 1. The SMILES string of the molecule is CC(C)CCCC(C)NC(N)=NCc1ccc(N2CC(C)OC(C)C2)nc1. The van der Waals surface area contributed by atoms with Gasteiger partial charge in [0, 0.05) is 25.3 Å². The Morgan fingerprint density at radius 3 is 2.56 bits per heavy atom. The molecule has 0 amide bonds. The Labute approximate surface area is 164 Å². The van der Waals surface area contributed by atoms with Gasteiger partial charge in [0.2, 0.25) is 0 Å². The highest BCUT2D eigenvalue weighted by atomic mass is 16.5. The molecular weight excluding hydrogens is 338 g/mol. The van der Waals surface area contributed by atoms with Gasteiger partial charge in [0.05, 0.1) is 18.8 Å². The van der Waals surface area contributed by atoms with Crippen molar-refractivity contribution < 1.29 is 4.74 Å². The molecule has 0 aromatic carbocycles. The standard InChI is InChI=1S/C21H37N5O/c1-15(2)7-6-8-16(3)25-21(22)24-12-19-9-10-20(23-11-19)26-13-17(4)27-18(5)14-26/h9-11,15-18H,6-8,12-14H2,1-5H3,(H3,22,24,25). The summed E-state index contributed by atoms with van der Waals surface area (Å²) in [5, 5.41) is 3.28. The predicted octanol–water partition coefficient (Wildman–Crippen LogP) is 3.31. The fraction of sp³-hybridized carbons (Fsp3) is 0.714. The van der Waals surface area contributed by atoms with Crippen LogP contribution in [0.4, 0.5) is 5.82 Å². The van der Waals surface area contributed by atoms with Crippen molar-refractivity contribution in [3.05, 3.63) is 23.9 Å². The summed E-state index contributed by atoms with van der Waals surface area (Å²) in [6.45, 7) is 13.2.